The lowest BCUT2D eigenvalue weighted by atomic mass is 10.2. The number of hydrogen-bond acceptors (Lipinski definition) is 5. The number of fused-ring (bicyclic) bond motifs is 3. The van der Waals surface area contributed by atoms with E-state index < -0.39 is 0 Å². The normalized spacial score (nSPS) is 11.3. The van der Waals surface area contributed by atoms with Crippen LogP contribution in [-0.2, 0) is 7.05 Å². The third-order valence-corrected chi connectivity index (χ3v) is 4.43. The Hall–Kier alpha value is -3.74. The largest absolute Gasteiger partial charge is 0.341 e. The van der Waals surface area contributed by atoms with Crippen LogP contribution < -0.4 is 5.32 Å². The van der Waals surface area contributed by atoms with Gasteiger partial charge < -0.3 is 9.88 Å². The van der Waals surface area contributed by atoms with Crippen molar-refractivity contribution in [3.05, 3.63) is 60.8 Å². The highest BCUT2D eigenvalue weighted by Crippen LogP contribution is 2.26. The molecule has 2 N–H and O–H groups in total. The Morgan fingerprint density at radius 1 is 0.962 bits per heavy atom. The molecular formula is C19H15N7. The number of anilines is 2. The van der Waals surface area contributed by atoms with Crippen molar-refractivity contribution in [1.29, 1.82) is 0 Å². The van der Waals surface area contributed by atoms with Crippen LogP contribution in [0, 0.1) is 0 Å². The SMILES string of the molecule is Cn1c2ccccc2c2nnc(-c3ccc(Nc4ccn[nH]4)cc3)nc21. The van der Waals surface area contributed by atoms with Crippen LogP contribution in [-0.4, -0.2) is 29.9 Å². The number of nitrogens with one attached hydrogen (secondary N) is 2. The third-order valence-electron chi connectivity index (χ3n) is 4.43. The number of rotatable bonds is 3. The standard InChI is InChI=1S/C19H15N7/c1-26-15-5-3-2-4-14(15)17-19(26)22-18(25-24-17)12-6-8-13(9-7-12)21-16-10-11-20-23-16/h2-11H,1H3,(H2,20,21,23). The zero-order chi connectivity index (χ0) is 17.5. The first kappa shape index (κ1) is 14.6. The summed E-state index contributed by atoms with van der Waals surface area (Å²) in [4.78, 5) is 4.74. The van der Waals surface area contributed by atoms with E-state index in [4.69, 9.17) is 4.98 Å². The van der Waals surface area contributed by atoms with Crippen LogP contribution in [0.2, 0.25) is 0 Å². The van der Waals surface area contributed by atoms with E-state index in [1.807, 2.05) is 55.6 Å². The summed E-state index contributed by atoms with van der Waals surface area (Å²) in [5.74, 6) is 1.45. The molecule has 3 aromatic heterocycles. The van der Waals surface area contributed by atoms with E-state index in [0.717, 1.165) is 39.1 Å². The van der Waals surface area contributed by atoms with Gasteiger partial charge in [0, 0.05) is 29.8 Å². The van der Waals surface area contributed by atoms with E-state index in [-0.39, 0.29) is 0 Å². The summed E-state index contributed by atoms with van der Waals surface area (Å²) in [5.41, 5.74) is 4.62. The molecule has 0 spiro atoms. The molecule has 0 fully saturated rings. The lowest BCUT2D eigenvalue weighted by Crippen LogP contribution is -1.97. The molecule has 0 saturated heterocycles. The van der Waals surface area contributed by atoms with Crippen molar-refractivity contribution in [2.24, 2.45) is 7.05 Å². The Morgan fingerprint density at radius 2 is 1.81 bits per heavy atom. The summed E-state index contributed by atoms with van der Waals surface area (Å²) in [7, 11) is 2.00. The van der Waals surface area contributed by atoms with Gasteiger partial charge in [-0.15, -0.1) is 10.2 Å². The molecule has 0 bridgehead atoms. The smallest absolute Gasteiger partial charge is 0.183 e. The Labute approximate surface area is 148 Å². The highest BCUT2D eigenvalue weighted by Gasteiger charge is 2.13. The fourth-order valence-corrected chi connectivity index (χ4v) is 3.11. The number of benzene rings is 2. The highest BCUT2D eigenvalue weighted by atomic mass is 15.2. The van der Waals surface area contributed by atoms with Crippen LogP contribution in [0.25, 0.3) is 33.5 Å². The summed E-state index contributed by atoms with van der Waals surface area (Å²) in [5, 5.41) is 19.9. The maximum Gasteiger partial charge on any atom is 0.183 e. The topological polar surface area (TPSA) is 84.3 Å². The Bertz CT molecular complexity index is 1200. The van der Waals surface area contributed by atoms with Crippen LogP contribution in [0.5, 0.6) is 0 Å². The minimum absolute atomic E-state index is 0.608. The Morgan fingerprint density at radius 3 is 2.62 bits per heavy atom. The van der Waals surface area contributed by atoms with Crippen molar-refractivity contribution in [2.45, 2.75) is 0 Å². The maximum atomic E-state index is 4.74. The fraction of sp³-hybridized carbons (Fsp3) is 0.0526. The molecule has 3 heterocycles. The quantitative estimate of drug-likeness (QED) is 0.523. The van der Waals surface area contributed by atoms with Gasteiger partial charge in [0.15, 0.2) is 11.5 Å². The van der Waals surface area contributed by atoms with Crippen molar-refractivity contribution >= 4 is 33.6 Å². The van der Waals surface area contributed by atoms with Crippen molar-refractivity contribution in [2.75, 3.05) is 5.32 Å². The van der Waals surface area contributed by atoms with E-state index in [2.05, 4.69) is 36.3 Å². The molecule has 26 heavy (non-hydrogen) atoms. The second kappa shape index (κ2) is 5.66. The highest BCUT2D eigenvalue weighted by molar-refractivity contribution is 6.04. The molecule has 0 amide bonds. The molecule has 5 rings (SSSR count). The van der Waals surface area contributed by atoms with E-state index in [1.165, 1.54) is 0 Å². The zero-order valence-electron chi connectivity index (χ0n) is 14.0. The predicted molar refractivity (Wildman–Crippen MR) is 101 cm³/mol. The molecule has 0 saturated carbocycles. The lowest BCUT2D eigenvalue weighted by Gasteiger charge is -2.05. The van der Waals surface area contributed by atoms with E-state index in [0.29, 0.717) is 5.82 Å². The molecule has 0 aliphatic heterocycles. The average Bonchev–Trinajstić information content (AvgIpc) is 3.30. The molecule has 0 atom stereocenters. The fourth-order valence-electron chi connectivity index (χ4n) is 3.11. The summed E-state index contributed by atoms with van der Waals surface area (Å²) in [6, 6.07) is 17.9. The number of aryl methyl sites for hydroxylation is 1. The monoisotopic (exact) mass is 341 g/mol. The van der Waals surface area contributed by atoms with E-state index >= 15 is 0 Å². The number of H-pyrrole nitrogens is 1. The molecule has 7 heteroatoms. The molecule has 2 aromatic carbocycles. The Balaban J connectivity index is 1.54. The van der Waals surface area contributed by atoms with Crippen molar-refractivity contribution < 1.29 is 0 Å². The molecule has 0 radical (unpaired) electrons. The van der Waals surface area contributed by atoms with Gasteiger partial charge in [0.05, 0.1) is 11.7 Å². The first-order valence-electron chi connectivity index (χ1n) is 8.24. The van der Waals surface area contributed by atoms with Gasteiger partial charge in [0.1, 0.15) is 11.3 Å². The summed E-state index contributed by atoms with van der Waals surface area (Å²) in [6.07, 6.45) is 1.70. The van der Waals surface area contributed by atoms with E-state index in [9.17, 15) is 0 Å². The van der Waals surface area contributed by atoms with Crippen LogP contribution in [0.3, 0.4) is 0 Å². The second-order valence-corrected chi connectivity index (χ2v) is 6.06. The molecule has 0 unspecified atom stereocenters. The van der Waals surface area contributed by atoms with Crippen LogP contribution in [0.1, 0.15) is 0 Å². The number of hydrogen-bond donors (Lipinski definition) is 2. The van der Waals surface area contributed by atoms with Gasteiger partial charge in [0.25, 0.3) is 0 Å². The molecular weight excluding hydrogens is 326 g/mol. The van der Waals surface area contributed by atoms with Gasteiger partial charge in [-0.05, 0) is 30.3 Å². The molecule has 126 valence electrons. The molecule has 0 aliphatic carbocycles. The summed E-state index contributed by atoms with van der Waals surface area (Å²) >= 11 is 0. The third kappa shape index (κ3) is 2.29. The number of nitrogens with zero attached hydrogens (tertiary/aromatic N) is 5. The van der Waals surface area contributed by atoms with Crippen LogP contribution in [0.15, 0.2) is 60.8 Å². The predicted octanol–water partition coefficient (Wildman–Crippen LogP) is 3.65. The molecule has 7 nitrogen and oxygen atoms in total. The van der Waals surface area contributed by atoms with Crippen molar-refractivity contribution in [3.8, 4) is 11.4 Å². The molecule has 0 aliphatic rings. The van der Waals surface area contributed by atoms with Gasteiger partial charge >= 0.3 is 0 Å². The van der Waals surface area contributed by atoms with Gasteiger partial charge in [0.2, 0.25) is 0 Å². The zero-order valence-corrected chi connectivity index (χ0v) is 14.0. The number of aromatic nitrogens is 6. The van der Waals surface area contributed by atoms with Gasteiger partial charge in [-0.2, -0.15) is 5.10 Å². The summed E-state index contributed by atoms with van der Waals surface area (Å²) < 4.78 is 2.05. The number of aromatic amines is 1. The summed E-state index contributed by atoms with van der Waals surface area (Å²) in [6.45, 7) is 0. The van der Waals surface area contributed by atoms with Crippen molar-refractivity contribution in [3.63, 3.8) is 0 Å². The second-order valence-electron chi connectivity index (χ2n) is 6.06. The van der Waals surface area contributed by atoms with Gasteiger partial charge in [-0.25, -0.2) is 4.98 Å². The minimum atomic E-state index is 0.608. The average molecular weight is 341 g/mol. The van der Waals surface area contributed by atoms with Gasteiger partial charge in [-0.3, -0.25) is 5.10 Å². The first-order valence-corrected chi connectivity index (χ1v) is 8.24. The van der Waals surface area contributed by atoms with Crippen LogP contribution in [0.4, 0.5) is 11.5 Å². The molecule has 5 aromatic rings. The lowest BCUT2D eigenvalue weighted by molar-refractivity contribution is 0.958. The maximum absolute atomic E-state index is 4.74. The first-order chi connectivity index (χ1) is 12.8. The Kier molecular flexibility index (Phi) is 3.18. The van der Waals surface area contributed by atoms with Gasteiger partial charge in [-0.1, -0.05) is 18.2 Å². The number of para-hydroxylation sites is 1. The van der Waals surface area contributed by atoms with Crippen molar-refractivity contribution in [1.82, 2.24) is 29.9 Å². The van der Waals surface area contributed by atoms with Crippen LogP contribution >= 0.6 is 0 Å². The van der Waals surface area contributed by atoms with E-state index in [1.54, 1.807) is 6.20 Å². The minimum Gasteiger partial charge on any atom is -0.341 e.